The average molecular weight is 281 g/mol. The Hall–Kier alpha value is -1.94. The summed E-state index contributed by atoms with van der Waals surface area (Å²) in [4.78, 5) is 0. The number of halogens is 2. The van der Waals surface area contributed by atoms with Gasteiger partial charge in [0.05, 0.1) is 17.8 Å². The normalized spacial score (nSPS) is 10.3. The minimum Gasteiger partial charge on any atom is -0.494 e. The first kappa shape index (κ1) is 13.5. The second-order valence-corrected chi connectivity index (χ2v) is 4.57. The Bertz CT molecular complexity index is 617. The average Bonchev–Trinajstić information content (AvgIpc) is 2.38. The lowest BCUT2D eigenvalue weighted by Crippen LogP contribution is -1.97. The van der Waals surface area contributed by atoms with Gasteiger partial charge in [0.1, 0.15) is 0 Å². The van der Waals surface area contributed by atoms with Gasteiger partial charge in [0.15, 0.2) is 11.6 Å². The van der Waals surface area contributed by atoms with E-state index >= 15 is 0 Å². The molecule has 0 saturated heterocycles. The molecule has 0 heterocycles. The van der Waals surface area contributed by atoms with Crippen LogP contribution in [0.2, 0.25) is 5.02 Å². The van der Waals surface area contributed by atoms with Crippen molar-refractivity contribution in [3.8, 4) is 5.75 Å². The van der Waals surface area contributed by atoms with Crippen LogP contribution in [-0.4, -0.2) is 7.11 Å². The van der Waals surface area contributed by atoms with E-state index in [2.05, 4.69) is 5.32 Å². The van der Waals surface area contributed by atoms with Crippen LogP contribution in [0.1, 0.15) is 5.56 Å². The van der Waals surface area contributed by atoms with E-state index in [4.69, 9.17) is 22.1 Å². The number of rotatable bonds is 3. The van der Waals surface area contributed by atoms with Crippen LogP contribution < -0.4 is 15.8 Å². The molecule has 2 rings (SSSR count). The van der Waals surface area contributed by atoms with Crippen LogP contribution in [0.3, 0.4) is 0 Å². The number of nitrogens with one attached hydrogen (secondary N) is 1. The van der Waals surface area contributed by atoms with Gasteiger partial charge in [0.2, 0.25) is 0 Å². The first-order chi connectivity index (χ1) is 9.01. The maximum atomic E-state index is 13.3. The number of anilines is 3. The quantitative estimate of drug-likeness (QED) is 0.831. The second-order valence-electron chi connectivity index (χ2n) is 4.16. The lowest BCUT2D eigenvalue weighted by Gasteiger charge is -2.12. The third-order valence-electron chi connectivity index (χ3n) is 2.77. The molecule has 0 saturated carbocycles. The van der Waals surface area contributed by atoms with Crippen molar-refractivity contribution < 1.29 is 9.13 Å². The number of ether oxygens (including phenoxy) is 1. The van der Waals surface area contributed by atoms with Gasteiger partial charge >= 0.3 is 0 Å². The van der Waals surface area contributed by atoms with Gasteiger partial charge in [-0.25, -0.2) is 4.39 Å². The fourth-order valence-electron chi connectivity index (χ4n) is 1.73. The molecule has 0 bridgehead atoms. The molecular weight excluding hydrogens is 267 g/mol. The number of aryl methyl sites for hydroxylation is 1. The molecule has 3 nitrogen and oxygen atoms in total. The topological polar surface area (TPSA) is 47.3 Å². The Morgan fingerprint density at radius 3 is 2.68 bits per heavy atom. The van der Waals surface area contributed by atoms with E-state index in [0.717, 1.165) is 11.3 Å². The summed E-state index contributed by atoms with van der Waals surface area (Å²) in [6.07, 6.45) is 0. The van der Waals surface area contributed by atoms with Crippen LogP contribution in [-0.2, 0) is 0 Å². The predicted molar refractivity (Wildman–Crippen MR) is 76.8 cm³/mol. The first-order valence-corrected chi connectivity index (χ1v) is 6.05. The monoisotopic (exact) mass is 280 g/mol. The summed E-state index contributed by atoms with van der Waals surface area (Å²) in [5, 5.41) is 3.63. The van der Waals surface area contributed by atoms with Gasteiger partial charge < -0.3 is 15.8 Å². The van der Waals surface area contributed by atoms with Gasteiger partial charge in [-0.05, 0) is 36.8 Å². The summed E-state index contributed by atoms with van der Waals surface area (Å²) in [5.74, 6) is -0.218. The van der Waals surface area contributed by atoms with Gasteiger partial charge in [0.25, 0.3) is 0 Å². The Morgan fingerprint density at radius 2 is 2.00 bits per heavy atom. The number of nitrogens with two attached hydrogens (primary N) is 1. The highest BCUT2D eigenvalue weighted by Crippen LogP contribution is 2.30. The molecule has 2 aromatic carbocycles. The molecule has 100 valence electrons. The molecule has 19 heavy (non-hydrogen) atoms. The van der Waals surface area contributed by atoms with Crippen molar-refractivity contribution in [2.75, 3.05) is 18.2 Å². The van der Waals surface area contributed by atoms with E-state index in [-0.39, 0.29) is 5.75 Å². The highest BCUT2D eigenvalue weighted by Gasteiger charge is 2.07. The van der Waals surface area contributed by atoms with Gasteiger partial charge in [-0.1, -0.05) is 11.6 Å². The zero-order valence-electron chi connectivity index (χ0n) is 10.6. The predicted octanol–water partition coefficient (Wildman–Crippen LogP) is 4.12. The minimum absolute atomic E-state index is 0.184. The van der Waals surface area contributed by atoms with Crippen molar-refractivity contribution in [2.45, 2.75) is 6.92 Å². The van der Waals surface area contributed by atoms with Crippen molar-refractivity contribution in [3.05, 3.63) is 46.7 Å². The summed E-state index contributed by atoms with van der Waals surface area (Å²) in [6.45, 7) is 1.91. The summed E-state index contributed by atoms with van der Waals surface area (Å²) >= 11 is 5.99. The highest BCUT2D eigenvalue weighted by atomic mass is 35.5. The SMILES string of the molecule is COc1cc(Nc2cc(Cl)c(N)cc2C)ccc1F. The molecule has 0 aliphatic carbocycles. The Labute approximate surface area is 116 Å². The van der Waals surface area contributed by atoms with E-state index in [1.54, 1.807) is 24.3 Å². The molecule has 0 fully saturated rings. The zero-order valence-corrected chi connectivity index (χ0v) is 11.4. The van der Waals surface area contributed by atoms with Gasteiger partial charge in [-0.15, -0.1) is 0 Å². The second kappa shape index (κ2) is 5.36. The summed E-state index contributed by atoms with van der Waals surface area (Å²) in [6, 6.07) is 8.07. The molecule has 3 N–H and O–H groups in total. The minimum atomic E-state index is -0.403. The lowest BCUT2D eigenvalue weighted by atomic mass is 10.1. The standard InChI is InChI=1S/C14H14ClFN2O/c1-8-5-12(17)10(15)7-13(8)18-9-3-4-11(16)14(6-9)19-2/h3-7,18H,17H2,1-2H3. The molecule has 0 spiro atoms. The number of benzene rings is 2. The number of methoxy groups -OCH3 is 1. The summed E-state index contributed by atoms with van der Waals surface area (Å²) < 4.78 is 18.2. The van der Waals surface area contributed by atoms with Crippen molar-refractivity contribution >= 4 is 28.7 Å². The molecule has 0 atom stereocenters. The highest BCUT2D eigenvalue weighted by molar-refractivity contribution is 6.33. The van der Waals surface area contributed by atoms with Gasteiger partial charge in [0, 0.05) is 17.4 Å². The Kier molecular flexibility index (Phi) is 3.81. The molecule has 5 heteroatoms. The van der Waals surface area contributed by atoms with Gasteiger partial charge in [-0.2, -0.15) is 0 Å². The van der Waals surface area contributed by atoms with Crippen LogP contribution >= 0.6 is 11.6 Å². The van der Waals surface area contributed by atoms with Crippen molar-refractivity contribution in [1.29, 1.82) is 0 Å². The largest absolute Gasteiger partial charge is 0.494 e. The smallest absolute Gasteiger partial charge is 0.165 e. The van der Waals surface area contributed by atoms with E-state index in [0.29, 0.717) is 16.4 Å². The van der Waals surface area contributed by atoms with Gasteiger partial charge in [-0.3, -0.25) is 0 Å². The summed E-state index contributed by atoms with van der Waals surface area (Å²) in [5.41, 5.74) is 8.72. The fourth-order valence-corrected chi connectivity index (χ4v) is 1.90. The van der Waals surface area contributed by atoms with Crippen LogP contribution in [0.15, 0.2) is 30.3 Å². The van der Waals surface area contributed by atoms with E-state index in [1.807, 2.05) is 6.92 Å². The maximum Gasteiger partial charge on any atom is 0.165 e. The molecule has 2 aromatic rings. The number of nitrogen functional groups attached to an aromatic ring is 1. The number of hydrogen-bond acceptors (Lipinski definition) is 3. The fraction of sp³-hybridized carbons (Fsp3) is 0.143. The van der Waals surface area contributed by atoms with E-state index in [1.165, 1.54) is 13.2 Å². The summed E-state index contributed by atoms with van der Waals surface area (Å²) in [7, 11) is 1.42. The Balaban J connectivity index is 2.33. The molecular formula is C14H14ClFN2O. The lowest BCUT2D eigenvalue weighted by molar-refractivity contribution is 0.387. The zero-order chi connectivity index (χ0) is 14.0. The molecule has 0 radical (unpaired) electrons. The molecule has 0 unspecified atom stereocenters. The van der Waals surface area contributed by atoms with Crippen molar-refractivity contribution in [3.63, 3.8) is 0 Å². The van der Waals surface area contributed by atoms with Crippen LogP contribution in [0.25, 0.3) is 0 Å². The Morgan fingerprint density at radius 1 is 1.26 bits per heavy atom. The van der Waals surface area contributed by atoms with E-state index < -0.39 is 5.82 Å². The molecule has 0 aliphatic heterocycles. The van der Waals surface area contributed by atoms with E-state index in [9.17, 15) is 4.39 Å². The van der Waals surface area contributed by atoms with Crippen LogP contribution in [0, 0.1) is 12.7 Å². The first-order valence-electron chi connectivity index (χ1n) is 5.67. The van der Waals surface area contributed by atoms with Crippen LogP contribution in [0.5, 0.6) is 5.75 Å². The van der Waals surface area contributed by atoms with Crippen molar-refractivity contribution in [1.82, 2.24) is 0 Å². The molecule has 0 amide bonds. The third-order valence-corrected chi connectivity index (χ3v) is 3.10. The van der Waals surface area contributed by atoms with Crippen molar-refractivity contribution in [2.24, 2.45) is 0 Å². The molecule has 0 aliphatic rings. The van der Waals surface area contributed by atoms with Crippen LogP contribution in [0.4, 0.5) is 21.5 Å². The molecule has 0 aromatic heterocycles. The number of hydrogen-bond donors (Lipinski definition) is 2. The third kappa shape index (κ3) is 2.90. The maximum absolute atomic E-state index is 13.3.